The zero-order valence-corrected chi connectivity index (χ0v) is 20.6. The molecule has 1 aromatic heterocycles. The second-order valence-electron chi connectivity index (χ2n) is 9.14. The molecule has 34 heavy (non-hydrogen) atoms. The van der Waals surface area contributed by atoms with Gasteiger partial charge in [0.1, 0.15) is 17.1 Å². The first-order valence-corrected chi connectivity index (χ1v) is 12.6. The molecule has 0 saturated heterocycles. The summed E-state index contributed by atoms with van der Waals surface area (Å²) in [6.07, 6.45) is 5.69. The number of hydrogen-bond donors (Lipinski definition) is 4. The van der Waals surface area contributed by atoms with Crippen molar-refractivity contribution in [2.24, 2.45) is 17.4 Å². The number of anilines is 1. The Morgan fingerprint density at radius 2 is 1.88 bits per heavy atom. The number of carbonyl (C=O) groups is 3. The van der Waals surface area contributed by atoms with Crippen molar-refractivity contribution in [3.05, 3.63) is 41.5 Å². The molecular weight excluding hydrogens is 452 g/mol. The van der Waals surface area contributed by atoms with Crippen LogP contribution in [-0.4, -0.2) is 36.6 Å². The molecule has 6 N–H and O–H groups in total. The second-order valence-corrected chi connectivity index (χ2v) is 10.2. The van der Waals surface area contributed by atoms with E-state index in [4.69, 9.17) is 16.2 Å². The monoisotopic (exact) mass is 486 g/mol. The summed E-state index contributed by atoms with van der Waals surface area (Å²) in [6, 6.07) is 8.51. The minimum Gasteiger partial charge on any atom is -0.461 e. The average Bonchev–Trinajstić information content (AvgIpc) is 3.42. The molecule has 1 aromatic carbocycles. The van der Waals surface area contributed by atoms with Crippen LogP contribution in [-0.2, 0) is 16.0 Å². The molecule has 0 unspecified atom stereocenters. The van der Waals surface area contributed by atoms with E-state index < -0.39 is 11.9 Å². The van der Waals surface area contributed by atoms with Crippen LogP contribution in [0.3, 0.4) is 0 Å². The van der Waals surface area contributed by atoms with Gasteiger partial charge in [0.15, 0.2) is 0 Å². The molecule has 3 rings (SSSR count). The third-order valence-electron chi connectivity index (χ3n) is 5.83. The van der Waals surface area contributed by atoms with Crippen molar-refractivity contribution in [3.63, 3.8) is 0 Å². The molecule has 0 aliphatic heterocycles. The van der Waals surface area contributed by atoms with Gasteiger partial charge in [-0.05, 0) is 68.2 Å². The number of nitrogens with one attached hydrogen (secondary N) is 2. The number of primary amides is 2. The minimum atomic E-state index is -0.752. The Hall–Kier alpha value is -2.91. The molecule has 3 amide bonds. The standard InChI is InChI=1S/C25H34N4O4S/c1-15(2)12-20(24(31)33-18-8-3-4-9-18)28-11-10-16-6-5-7-17(13-16)21-14-19(22(26)30)23(34-21)29-25(27)32/h5-7,13-15,18,20,28H,3-4,8-12H2,1-2H3,(H2,26,30)(H3,27,29,32)/t20-/m1/s1. The van der Waals surface area contributed by atoms with Crippen LogP contribution >= 0.6 is 11.3 Å². The number of ether oxygens (including phenoxy) is 1. The van der Waals surface area contributed by atoms with Crippen LogP contribution in [0.25, 0.3) is 10.4 Å². The summed E-state index contributed by atoms with van der Waals surface area (Å²) in [6.45, 7) is 4.83. The maximum Gasteiger partial charge on any atom is 0.323 e. The Kier molecular flexibility index (Phi) is 9.06. The van der Waals surface area contributed by atoms with Gasteiger partial charge in [0.25, 0.3) is 5.91 Å². The molecule has 1 aliphatic rings. The Morgan fingerprint density at radius 3 is 2.53 bits per heavy atom. The van der Waals surface area contributed by atoms with Crippen LogP contribution < -0.4 is 22.1 Å². The Morgan fingerprint density at radius 1 is 1.15 bits per heavy atom. The topological polar surface area (TPSA) is 137 Å². The van der Waals surface area contributed by atoms with E-state index in [2.05, 4.69) is 24.5 Å². The van der Waals surface area contributed by atoms with E-state index in [1.807, 2.05) is 24.3 Å². The summed E-state index contributed by atoms with van der Waals surface area (Å²) in [5, 5.41) is 6.18. The molecule has 0 bridgehead atoms. The fraction of sp³-hybridized carbons (Fsp3) is 0.480. The minimum absolute atomic E-state index is 0.0608. The van der Waals surface area contributed by atoms with E-state index in [1.165, 1.54) is 11.3 Å². The Balaban J connectivity index is 1.64. The van der Waals surface area contributed by atoms with Crippen molar-refractivity contribution in [1.29, 1.82) is 0 Å². The maximum atomic E-state index is 12.7. The zero-order valence-electron chi connectivity index (χ0n) is 19.8. The normalized spacial score (nSPS) is 14.8. The number of amides is 3. The van der Waals surface area contributed by atoms with Crippen LogP contribution in [0.5, 0.6) is 0 Å². The Labute approximate surface area is 204 Å². The lowest BCUT2D eigenvalue weighted by molar-refractivity contribution is -0.151. The molecule has 1 aliphatic carbocycles. The highest BCUT2D eigenvalue weighted by molar-refractivity contribution is 7.20. The number of thiophene rings is 1. The van der Waals surface area contributed by atoms with E-state index in [0.29, 0.717) is 17.5 Å². The molecule has 184 valence electrons. The highest BCUT2D eigenvalue weighted by Crippen LogP contribution is 2.35. The number of nitrogens with two attached hydrogens (primary N) is 2. The Bertz CT molecular complexity index is 1010. The number of carbonyl (C=O) groups excluding carboxylic acids is 3. The van der Waals surface area contributed by atoms with Crippen molar-refractivity contribution < 1.29 is 19.1 Å². The van der Waals surface area contributed by atoms with E-state index in [0.717, 1.165) is 54.5 Å². The zero-order chi connectivity index (χ0) is 24.7. The van der Waals surface area contributed by atoms with Crippen LogP contribution in [0.4, 0.5) is 9.80 Å². The molecule has 2 aromatic rings. The van der Waals surface area contributed by atoms with Crippen molar-refractivity contribution in [3.8, 4) is 10.4 Å². The summed E-state index contributed by atoms with van der Waals surface area (Å²) >= 11 is 1.24. The molecule has 8 nitrogen and oxygen atoms in total. The lowest BCUT2D eigenvalue weighted by Crippen LogP contribution is -2.41. The molecule has 1 fully saturated rings. The van der Waals surface area contributed by atoms with Gasteiger partial charge >= 0.3 is 12.0 Å². The van der Waals surface area contributed by atoms with Gasteiger partial charge in [-0.1, -0.05) is 38.1 Å². The average molecular weight is 487 g/mol. The molecule has 1 atom stereocenters. The number of rotatable bonds is 11. The predicted octanol–water partition coefficient (Wildman–Crippen LogP) is 4.04. The van der Waals surface area contributed by atoms with Gasteiger partial charge in [0.2, 0.25) is 0 Å². The van der Waals surface area contributed by atoms with Crippen LogP contribution in [0, 0.1) is 5.92 Å². The summed E-state index contributed by atoms with van der Waals surface area (Å²) in [4.78, 5) is 36.5. The van der Waals surface area contributed by atoms with Crippen LogP contribution in [0.1, 0.15) is 61.9 Å². The smallest absolute Gasteiger partial charge is 0.323 e. The third-order valence-corrected chi connectivity index (χ3v) is 6.93. The SMILES string of the molecule is CC(C)C[C@@H](NCCc1cccc(-c2cc(C(N)=O)c(NC(N)=O)s2)c1)C(=O)OC1CCCC1. The fourth-order valence-electron chi connectivity index (χ4n) is 4.18. The lowest BCUT2D eigenvalue weighted by atomic mass is 10.0. The first-order chi connectivity index (χ1) is 16.2. The summed E-state index contributed by atoms with van der Waals surface area (Å²) in [5.74, 6) is -0.410. The third kappa shape index (κ3) is 7.30. The van der Waals surface area contributed by atoms with E-state index in [1.54, 1.807) is 6.07 Å². The quantitative estimate of drug-likeness (QED) is 0.355. The van der Waals surface area contributed by atoms with Gasteiger partial charge in [-0.25, -0.2) is 4.79 Å². The number of urea groups is 1. The highest BCUT2D eigenvalue weighted by atomic mass is 32.1. The summed E-state index contributed by atoms with van der Waals surface area (Å²) in [7, 11) is 0. The van der Waals surface area contributed by atoms with Crippen molar-refractivity contribution in [2.45, 2.75) is 64.5 Å². The van der Waals surface area contributed by atoms with Gasteiger partial charge in [0.05, 0.1) is 5.56 Å². The van der Waals surface area contributed by atoms with Crippen molar-refractivity contribution >= 4 is 34.2 Å². The predicted molar refractivity (Wildman–Crippen MR) is 135 cm³/mol. The van der Waals surface area contributed by atoms with Gasteiger partial charge in [0, 0.05) is 4.88 Å². The first kappa shape index (κ1) is 25.7. The summed E-state index contributed by atoms with van der Waals surface area (Å²) < 4.78 is 5.74. The number of hydrogen-bond acceptors (Lipinski definition) is 6. The molecule has 0 radical (unpaired) electrons. The molecule has 9 heteroatoms. The largest absolute Gasteiger partial charge is 0.461 e. The lowest BCUT2D eigenvalue weighted by Gasteiger charge is -2.21. The van der Waals surface area contributed by atoms with Gasteiger partial charge in [-0.3, -0.25) is 14.9 Å². The summed E-state index contributed by atoms with van der Waals surface area (Å²) in [5.41, 5.74) is 12.9. The van der Waals surface area contributed by atoms with E-state index in [-0.39, 0.29) is 23.7 Å². The molecule has 1 saturated carbocycles. The first-order valence-electron chi connectivity index (χ1n) is 11.8. The van der Waals surface area contributed by atoms with Gasteiger partial charge in [-0.15, -0.1) is 11.3 Å². The fourth-order valence-corrected chi connectivity index (χ4v) is 5.24. The van der Waals surface area contributed by atoms with Gasteiger partial charge in [-0.2, -0.15) is 0 Å². The second kappa shape index (κ2) is 12.0. The van der Waals surface area contributed by atoms with Crippen LogP contribution in [0.15, 0.2) is 30.3 Å². The molecule has 0 spiro atoms. The molecule has 1 heterocycles. The highest BCUT2D eigenvalue weighted by Gasteiger charge is 2.26. The number of benzene rings is 1. The van der Waals surface area contributed by atoms with E-state index in [9.17, 15) is 14.4 Å². The van der Waals surface area contributed by atoms with Crippen molar-refractivity contribution in [1.82, 2.24) is 5.32 Å². The maximum absolute atomic E-state index is 12.7. The van der Waals surface area contributed by atoms with Crippen molar-refractivity contribution in [2.75, 3.05) is 11.9 Å². The number of esters is 1. The van der Waals surface area contributed by atoms with E-state index >= 15 is 0 Å². The molecular formula is C25H34N4O4S. The van der Waals surface area contributed by atoms with Crippen LogP contribution in [0.2, 0.25) is 0 Å². The van der Waals surface area contributed by atoms with Gasteiger partial charge < -0.3 is 21.5 Å².